The summed E-state index contributed by atoms with van der Waals surface area (Å²) in [4.78, 5) is 28.5. The van der Waals surface area contributed by atoms with Gasteiger partial charge in [0.1, 0.15) is 5.02 Å². The van der Waals surface area contributed by atoms with Crippen LogP contribution in [0.15, 0.2) is 16.7 Å². The molecule has 0 aliphatic rings. The lowest BCUT2D eigenvalue weighted by molar-refractivity contribution is 0.0960. The molecule has 2 rings (SSSR count). The number of hydrogen-bond donors (Lipinski definition) is 2. The van der Waals surface area contributed by atoms with Crippen molar-refractivity contribution in [1.29, 1.82) is 0 Å². The van der Waals surface area contributed by atoms with E-state index in [2.05, 4.69) is 26.2 Å². The number of rotatable bonds is 3. The second-order valence-corrected chi connectivity index (χ2v) is 7.07. The van der Waals surface area contributed by atoms with Gasteiger partial charge in [-0.05, 0) is 40.4 Å². The van der Waals surface area contributed by atoms with Crippen LogP contribution in [-0.2, 0) is 0 Å². The van der Waals surface area contributed by atoms with Crippen molar-refractivity contribution in [3.8, 4) is 0 Å². The molecule has 0 saturated carbocycles. The predicted molar refractivity (Wildman–Crippen MR) is 98.6 cm³/mol. The van der Waals surface area contributed by atoms with Gasteiger partial charge in [-0.1, -0.05) is 25.4 Å². The minimum atomic E-state index is -1.73. The van der Waals surface area contributed by atoms with E-state index in [4.69, 9.17) is 11.6 Å². The molecule has 0 radical (unpaired) electrons. The summed E-state index contributed by atoms with van der Waals surface area (Å²) in [6.45, 7) is 5.45. The van der Waals surface area contributed by atoms with Gasteiger partial charge in [0.15, 0.2) is 17.5 Å². The number of carbonyl (C=O) groups is 2. The van der Waals surface area contributed by atoms with Crippen molar-refractivity contribution in [2.24, 2.45) is 0 Å². The van der Waals surface area contributed by atoms with Crippen molar-refractivity contribution in [3.63, 3.8) is 0 Å². The van der Waals surface area contributed by atoms with Gasteiger partial charge in [-0.25, -0.2) is 18.0 Å². The summed E-state index contributed by atoms with van der Waals surface area (Å²) in [5, 5.41) is 3.18. The maximum Gasteiger partial charge on any atom is 0.326 e. The van der Waals surface area contributed by atoms with Gasteiger partial charge in [0.05, 0.1) is 21.4 Å². The van der Waals surface area contributed by atoms with Crippen molar-refractivity contribution in [2.45, 2.75) is 26.7 Å². The molecule has 0 aliphatic heterocycles. The summed E-state index contributed by atoms with van der Waals surface area (Å²) in [5.74, 6) is -6.14. The van der Waals surface area contributed by atoms with Crippen molar-refractivity contribution in [3.05, 3.63) is 56.0 Å². The van der Waals surface area contributed by atoms with E-state index >= 15 is 0 Å². The van der Waals surface area contributed by atoms with Gasteiger partial charge in [-0.2, -0.15) is 0 Å². The van der Waals surface area contributed by atoms with E-state index in [0.717, 1.165) is 0 Å². The minimum absolute atomic E-state index is 0.0260. The summed E-state index contributed by atoms with van der Waals surface area (Å²) in [6, 6.07) is 0.642. The first-order chi connectivity index (χ1) is 12.6. The Balaban J connectivity index is 2.30. The van der Waals surface area contributed by atoms with E-state index in [9.17, 15) is 22.8 Å². The number of pyridine rings is 1. The summed E-state index contributed by atoms with van der Waals surface area (Å²) in [5.41, 5.74) is 0.628. The van der Waals surface area contributed by atoms with Gasteiger partial charge >= 0.3 is 6.03 Å². The first-order valence-corrected chi connectivity index (χ1v) is 8.82. The molecule has 0 unspecified atom stereocenters. The standard InChI is InChI=1S/C17H14BrClF3N3O2/c1-6(2)14-15(7(3)4-5-23-14)24-17(27)25-16(26)8-9(18)12(21)10(19)13(22)11(8)20/h4-6H,1-3H3,(H2,24,25,26,27). The van der Waals surface area contributed by atoms with Crippen LogP contribution in [0.2, 0.25) is 5.02 Å². The summed E-state index contributed by atoms with van der Waals surface area (Å²) in [6.07, 6.45) is 1.57. The third-order valence-electron chi connectivity index (χ3n) is 3.64. The van der Waals surface area contributed by atoms with Crippen LogP contribution in [0.3, 0.4) is 0 Å². The summed E-state index contributed by atoms with van der Waals surface area (Å²) < 4.78 is 40.7. The molecule has 2 N–H and O–H groups in total. The molecule has 0 bridgehead atoms. The van der Waals surface area contributed by atoms with Crippen LogP contribution in [0.1, 0.15) is 41.4 Å². The topological polar surface area (TPSA) is 71.1 Å². The van der Waals surface area contributed by atoms with E-state index in [1.54, 1.807) is 19.2 Å². The van der Waals surface area contributed by atoms with E-state index in [1.807, 2.05) is 19.2 Å². The van der Waals surface area contributed by atoms with Crippen LogP contribution in [0.4, 0.5) is 23.7 Å². The highest BCUT2D eigenvalue weighted by Crippen LogP contribution is 2.32. The number of hydrogen-bond acceptors (Lipinski definition) is 3. The van der Waals surface area contributed by atoms with E-state index < -0.39 is 44.4 Å². The number of amides is 3. The number of carbonyl (C=O) groups excluding carboxylic acids is 2. The van der Waals surface area contributed by atoms with Crippen LogP contribution in [0.5, 0.6) is 0 Å². The first kappa shape index (κ1) is 21.2. The monoisotopic (exact) mass is 463 g/mol. The predicted octanol–water partition coefficient (Wildman–Crippen LogP) is 5.31. The number of halogens is 5. The molecule has 3 amide bonds. The smallest absolute Gasteiger partial charge is 0.306 e. The second-order valence-electron chi connectivity index (χ2n) is 5.90. The highest BCUT2D eigenvalue weighted by Gasteiger charge is 2.28. The molecular formula is C17H14BrClF3N3O2. The van der Waals surface area contributed by atoms with E-state index in [-0.39, 0.29) is 5.92 Å². The average Bonchev–Trinajstić information content (AvgIpc) is 2.59. The highest BCUT2D eigenvalue weighted by molar-refractivity contribution is 9.10. The third-order valence-corrected chi connectivity index (χ3v) is 4.71. The lowest BCUT2D eigenvalue weighted by atomic mass is 10.1. The van der Waals surface area contributed by atoms with Crippen molar-refractivity contribution in [1.82, 2.24) is 10.3 Å². The van der Waals surface area contributed by atoms with Crippen molar-refractivity contribution in [2.75, 3.05) is 5.32 Å². The molecule has 0 saturated heterocycles. The zero-order valence-corrected chi connectivity index (χ0v) is 16.7. The maximum atomic E-state index is 14.0. The number of benzene rings is 1. The fourth-order valence-corrected chi connectivity index (χ4v) is 3.14. The maximum absolute atomic E-state index is 14.0. The zero-order chi connectivity index (χ0) is 20.5. The Morgan fingerprint density at radius 2 is 1.81 bits per heavy atom. The van der Waals surface area contributed by atoms with Gasteiger partial charge < -0.3 is 5.32 Å². The highest BCUT2D eigenvalue weighted by atomic mass is 79.9. The van der Waals surface area contributed by atoms with Crippen LogP contribution < -0.4 is 10.6 Å². The first-order valence-electron chi connectivity index (χ1n) is 7.65. The molecule has 144 valence electrons. The summed E-state index contributed by atoms with van der Waals surface area (Å²) in [7, 11) is 0. The largest absolute Gasteiger partial charge is 0.326 e. The van der Waals surface area contributed by atoms with Crippen LogP contribution in [0, 0.1) is 24.4 Å². The molecule has 0 fully saturated rings. The zero-order valence-electron chi connectivity index (χ0n) is 14.4. The molecule has 1 aromatic carbocycles. The molecular weight excluding hydrogens is 451 g/mol. The molecule has 0 atom stereocenters. The molecule has 5 nitrogen and oxygen atoms in total. The Hall–Kier alpha value is -2.13. The number of aromatic nitrogens is 1. The molecule has 27 heavy (non-hydrogen) atoms. The fraction of sp³-hybridized carbons (Fsp3) is 0.235. The number of urea groups is 1. The quantitative estimate of drug-likeness (QED) is 0.478. The number of nitrogens with one attached hydrogen (secondary N) is 2. The Bertz CT molecular complexity index is 909. The van der Waals surface area contributed by atoms with Crippen molar-refractivity contribution < 1.29 is 22.8 Å². The number of anilines is 1. The van der Waals surface area contributed by atoms with Gasteiger partial charge in [0.25, 0.3) is 5.91 Å². The van der Waals surface area contributed by atoms with Crippen LogP contribution in [0.25, 0.3) is 0 Å². The van der Waals surface area contributed by atoms with Gasteiger partial charge in [0, 0.05) is 6.20 Å². The Labute approximate surface area is 166 Å². The molecule has 10 heteroatoms. The molecule has 1 aromatic heterocycles. The number of nitrogens with zero attached hydrogens (tertiary/aromatic N) is 1. The van der Waals surface area contributed by atoms with Crippen LogP contribution >= 0.6 is 27.5 Å². The molecule has 0 spiro atoms. The number of aryl methyl sites for hydroxylation is 1. The average molecular weight is 465 g/mol. The Kier molecular flexibility index (Phi) is 6.48. The van der Waals surface area contributed by atoms with Gasteiger partial charge in [0.2, 0.25) is 0 Å². The Morgan fingerprint density at radius 3 is 2.41 bits per heavy atom. The SMILES string of the molecule is Cc1ccnc(C(C)C)c1NC(=O)NC(=O)c1c(F)c(F)c(Cl)c(F)c1Br. The molecule has 2 aromatic rings. The third kappa shape index (κ3) is 4.24. The van der Waals surface area contributed by atoms with E-state index in [0.29, 0.717) is 16.9 Å². The lowest BCUT2D eigenvalue weighted by Gasteiger charge is -2.16. The van der Waals surface area contributed by atoms with Gasteiger partial charge in [-0.15, -0.1) is 0 Å². The van der Waals surface area contributed by atoms with Crippen molar-refractivity contribution >= 4 is 45.2 Å². The number of imide groups is 1. The lowest BCUT2D eigenvalue weighted by Crippen LogP contribution is -2.36. The fourth-order valence-electron chi connectivity index (χ4n) is 2.29. The normalized spacial score (nSPS) is 10.9. The molecule has 0 aliphatic carbocycles. The van der Waals surface area contributed by atoms with Gasteiger partial charge in [-0.3, -0.25) is 15.1 Å². The van der Waals surface area contributed by atoms with E-state index in [1.165, 1.54) is 0 Å². The minimum Gasteiger partial charge on any atom is -0.306 e. The molecule has 1 heterocycles. The van der Waals surface area contributed by atoms with Crippen LogP contribution in [-0.4, -0.2) is 16.9 Å². The Morgan fingerprint density at radius 1 is 1.19 bits per heavy atom. The second kappa shape index (κ2) is 8.26. The summed E-state index contributed by atoms with van der Waals surface area (Å²) >= 11 is 7.95.